The average molecular weight is 504 g/mol. The van der Waals surface area contributed by atoms with E-state index in [4.69, 9.17) is 11.6 Å². The number of hydrogen-bond acceptors (Lipinski definition) is 5. The van der Waals surface area contributed by atoms with Crippen molar-refractivity contribution in [3.8, 4) is 0 Å². The summed E-state index contributed by atoms with van der Waals surface area (Å²) in [5.41, 5.74) is 3.16. The summed E-state index contributed by atoms with van der Waals surface area (Å²) >= 11 is 7.69. The molecular weight excluding hydrogens is 478 g/mol. The zero-order valence-electron chi connectivity index (χ0n) is 19.5. The maximum Gasteiger partial charge on any atom is 0.283 e. The van der Waals surface area contributed by atoms with Crippen molar-refractivity contribution in [1.29, 1.82) is 0 Å². The summed E-state index contributed by atoms with van der Waals surface area (Å²) in [6.07, 6.45) is 0. The van der Waals surface area contributed by atoms with Gasteiger partial charge in [-0.2, -0.15) is 0 Å². The Morgan fingerprint density at radius 1 is 0.829 bits per heavy atom. The molecule has 5 rings (SSSR count). The predicted octanol–water partition coefficient (Wildman–Crippen LogP) is 5.34. The standard InChI is InChI=1S/C28H26ClN3O2S/c1-20-12-13-22(18-24(20)29)32-27(33)25(26(28(32)34)35-23-10-6-3-7-11-23)31-16-14-30(15-17-31)19-21-8-4-2-5-9-21/h2-13,18H,14-17,19H2,1H3. The van der Waals surface area contributed by atoms with Crippen LogP contribution < -0.4 is 4.90 Å². The maximum atomic E-state index is 13.7. The number of amides is 2. The van der Waals surface area contributed by atoms with Crippen LogP contribution in [0.2, 0.25) is 5.02 Å². The van der Waals surface area contributed by atoms with Gasteiger partial charge in [-0.1, -0.05) is 78.0 Å². The van der Waals surface area contributed by atoms with Gasteiger partial charge in [0.1, 0.15) is 10.6 Å². The van der Waals surface area contributed by atoms with Crippen LogP contribution in [0.5, 0.6) is 0 Å². The van der Waals surface area contributed by atoms with Crippen molar-refractivity contribution >= 4 is 40.9 Å². The van der Waals surface area contributed by atoms with E-state index < -0.39 is 0 Å². The summed E-state index contributed by atoms with van der Waals surface area (Å²) in [5.74, 6) is -0.588. The average Bonchev–Trinajstić information content (AvgIpc) is 3.12. The summed E-state index contributed by atoms with van der Waals surface area (Å²) in [5, 5.41) is 0.531. The van der Waals surface area contributed by atoms with Crippen molar-refractivity contribution in [2.75, 3.05) is 31.1 Å². The van der Waals surface area contributed by atoms with E-state index in [1.807, 2.05) is 49.4 Å². The number of aryl methyl sites for hydroxylation is 1. The lowest BCUT2D eigenvalue weighted by molar-refractivity contribution is -0.121. The molecule has 2 heterocycles. The van der Waals surface area contributed by atoms with Crippen LogP contribution in [0, 0.1) is 6.92 Å². The summed E-state index contributed by atoms with van der Waals surface area (Å²) in [6, 6.07) is 25.4. The fraction of sp³-hybridized carbons (Fsp3) is 0.214. The molecule has 2 amide bonds. The Morgan fingerprint density at radius 2 is 1.49 bits per heavy atom. The van der Waals surface area contributed by atoms with Crippen LogP contribution in [0.15, 0.2) is 94.4 Å². The second-order valence-electron chi connectivity index (χ2n) is 8.72. The Hall–Kier alpha value is -3.06. The van der Waals surface area contributed by atoms with E-state index >= 15 is 0 Å². The number of rotatable bonds is 6. The molecule has 0 aliphatic carbocycles. The highest BCUT2D eigenvalue weighted by molar-refractivity contribution is 8.04. The highest BCUT2D eigenvalue weighted by Gasteiger charge is 2.43. The SMILES string of the molecule is Cc1ccc(N2C(=O)C(Sc3ccccc3)=C(N3CCN(Cc4ccccc4)CC3)C2=O)cc1Cl. The van der Waals surface area contributed by atoms with Gasteiger partial charge in [-0.25, -0.2) is 4.90 Å². The number of halogens is 1. The van der Waals surface area contributed by atoms with Gasteiger partial charge in [0.25, 0.3) is 11.8 Å². The number of anilines is 1. The smallest absolute Gasteiger partial charge is 0.283 e. The fourth-order valence-corrected chi connectivity index (χ4v) is 5.60. The van der Waals surface area contributed by atoms with Crippen LogP contribution in [0.25, 0.3) is 0 Å². The van der Waals surface area contributed by atoms with Crippen LogP contribution in [-0.4, -0.2) is 47.8 Å². The minimum Gasteiger partial charge on any atom is -0.363 e. The van der Waals surface area contributed by atoms with Gasteiger partial charge in [0.15, 0.2) is 0 Å². The highest BCUT2D eigenvalue weighted by atomic mass is 35.5. The van der Waals surface area contributed by atoms with E-state index in [0.29, 0.717) is 34.4 Å². The van der Waals surface area contributed by atoms with E-state index in [1.54, 1.807) is 12.1 Å². The van der Waals surface area contributed by atoms with Gasteiger partial charge in [-0.3, -0.25) is 14.5 Å². The first-order chi connectivity index (χ1) is 17.0. The maximum absolute atomic E-state index is 13.7. The quantitative estimate of drug-likeness (QED) is 0.425. The molecule has 1 saturated heterocycles. The Bertz CT molecular complexity index is 1270. The Labute approximate surface area is 215 Å². The normalized spacial score (nSPS) is 17.0. The lowest BCUT2D eigenvalue weighted by Crippen LogP contribution is -2.47. The van der Waals surface area contributed by atoms with Crippen LogP contribution >= 0.6 is 23.4 Å². The molecule has 3 aromatic rings. The summed E-state index contributed by atoms with van der Waals surface area (Å²) in [7, 11) is 0. The van der Waals surface area contributed by atoms with Crippen molar-refractivity contribution in [2.45, 2.75) is 18.4 Å². The van der Waals surface area contributed by atoms with Gasteiger partial charge in [0, 0.05) is 42.6 Å². The minimum absolute atomic E-state index is 0.287. The Balaban J connectivity index is 1.41. The first kappa shape index (κ1) is 23.7. The predicted molar refractivity (Wildman–Crippen MR) is 141 cm³/mol. The highest BCUT2D eigenvalue weighted by Crippen LogP contribution is 2.39. The van der Waals surface area contributed by atoms with E-state index in [1.165, 1.54) is 22.2 Å². The molecule has 0 bridgehead atoms. The van der Waals surface area contributed by atoms with E-state index in [-0.39, 0.29) is 11.8 Å². The van der Waals surface area contributed by atoms with Crippen LogP contribution in [-0.2, 0) is 16.1 Å². The summed E-state index contributed by atoms with van der Waals surface area (Å²) in [4.78, 5) is 34.5. The van der Waals surface area contributed by atoms with Gasteiger partial charge in [-0.05, 0) is 42.3 Å². The molecule has 0 atom stereocenters. The second-order valence-corrected chi connectivity index (χ2v) is 10.2. The minimum atomic E-state index is -0.300. The number of imide groups is 1. The molecule has 0 aromatic heterocycles. The van der Waals surface area contributed by atoms with Gasteiger partial charge >= 0.3 is 0 Å². The zero-order chi connectivity index (χ0) is 24.4. The van der Waals surface area contributed by atoms with Crippen molar-refractivity contribution in [1.82, 2.24) is 9.80 Å². The lowest BCUT2D eigenvalue weighted by Gasteiger charge is -2.36. The van der Waals surface area contributed by atoms with Crippen LogP contribution in [0.1, 0.15) is 11.1 Å². The van der Waals surface area contributed by atoms with Crippen molar-refractivity contribution in [3.05, 3.63) is 106 Å². The van der Waals surface area contributed by atoms with Crippen molar-refractivity contribution in [2.24, 2.45) is 0 Å². The summed E-state index contributed by atoms with van der Waals surface area (Å²) in [6.45, 7) is 5.78. The molecule has 3 aromatic carbocycles. The Morgan fingerprint density at radius 3 is 2.14 bits per heavy atom. The molecule has 7 heteroatoms. The van der Waals surface area contributed by atoms with Gasteiger partial charge < -0.3 is 4.90 Å². The van der Waals surface area contributed by atoms with E-state index in [9.17, 15) is 9.59 Å². The third-order valence-electron chi connectivity index (χ3n) is 6.33. The number of benzene rings is 3. The third-order valence-corrected chi connectivity index (χ3v) is 7.82. The zero-order valence-corrected chi connectivity index (χ0v) is 21.1. The molecule has 178 valence electrons. The number of nitrogens with zero attached hydrogens (tertiary/aromatic N) is 3. The molecular formula is C28H26ClN3O2S. The van der Waals surface area contributed by atoms with Crippen molar-refractivity contribution < 1.29 is 9.59 Å². The van der Waals surface area contributed by atoms with Crippen LogP contribution in [0.3, 0.4) is 0 Å². The number of hydrogen-bond donors (Lipinski definition) is 0. The van der Waals surface area contributed by atoms with Crippen molar-refractivity contribution in [3.63, 3.8) is 0 Å². The number of piperazine rings is 1. The molecule has 1 fully saturated rings. The third kappa shape index (κ3) is 5.01. The number of carbonyl (C=O) groups is 2. The molecule has 0 spiro atoms. The number of carbonyl (C=O) groups excluding carboxylic acids is 2. The lowest BCUT2D eigenvalue weighted by atomic mass is 10.2. The fourth-order valence-electron chi connectivity index (χ4n) is 4.40. The second kappa shape index (κ2) is 10.3. The monoisotopic (exact) mass is 503 g/mol. The molecule has 2 aliphatic heterocycles. The largest absolute Gasteiger partial charge is 0.363 e. The molecule has 0 N–H and O–H groups in total. The molecule has 5 nitrogen and oxygen atoms in total. The van der Waals surface area contributed by atoms with E-state index in [0.717, 1.165) is 30.1 Å². The Kier molecular flexibility index (Phi) is 6.95. The molecule has 35 heavy (non-hydrogen) atoms. The van der Waals surface area contributed by atoms with Crippen LogP contribution in [0.4, 0.5) is 5.69 Å². The topological polar surface area (TPSA) is 43.9 Å². The molecule has 2 aliphatic rings. The summed E-state index contributed by atoms with van der Waals surface area (Å²) < 4.78 is 0. The van der Waals surface area contributed by atoms with E-state index in [2.05, 4.69) is 34.1 Å². The number of thioether (sulfide) groups is 1. The first-order valence-corrected chi connectivity index (χ1v) is 12.8. The van der Waals surface area contributed by atoms with Gasteiger partial charge in [-0.15, -0.1) is 0 Å². The molecule has 0 radical (unpaired) electrons. The molecule has 0 unspecified atom stereocenters. The molecule has 0 saturated carbocycles. The first-order valence-electron chi connectivity index (χ1n) is 11.6. The van der Waals surface area contributed by atoms with Gasteiger partial charge in [0.05, 0.1) is 5.69 Å². The van der Waals surface area contributed by atoms with Gasteiger partial charge in [0.2, 0.25) is 0 Å².